The summed E-state index contributed by atoms with van der Waals surface area (Å²) >= 11 is 1.55. The van der Waals surface area contributed by atoms with E-state index in [9.17, 15) is 9.59 Å². The van der Waals surface area contributed by atoms with Crippen molar-refractivity contribution in [2.75, 3.05) is 13.3 Å². The average Bonchev–Trinajstić information content (AvgIpc) is 3.39. The Labute approximate surface area is 155 Å². The van der Waals surface area contributed by atoms with Crippen LogP contribution in [0.1, 0.15) is 10.4 Å². The van der Waals surface area contributed by atoms with Gasteiger partial charge in [0.25, 0.3) is 0 Å². The van der Waals surface area contributed by atoms with Crippen LogP contribution in [0.15, 0.2) is 47.9 Å². The minimum Gasteiger partial charge on any atom is -0.454 e. The molecule has 2 amide bonds. The van der Waals surface area contributed by atoms with Crippen molar-refractivity contribution in [3.05, 3.63) is 58.3 Å². The number of carbonyl (C=O) groups is 2. The van der Waals surface area contributed by atoms with Crippen molar-refractivity contribution < 1.29 is 19.1 Å². The van der Waals surface area contributed by atoms with Crippen LogP contribution < -0.4 is 14.8 Å². The first-order chi connectivity index (χ1) is 12.7. The third-order valence-corrected chi connectivity index (χ3v) is 5.23. The van der Waals surface area contributed by atoms with Crippen molar-refractivity contribution in [1.82, 2.24) is 10.2 Å². The van der Waals surface area contributed by atoms with Gasteiger partial charge in [-0.25, -0.2) is 0 Å². The molecule has 134 valence electrons. The number of hydrogen-bond donors (Lipinski definition) is 1. The summed E-state index contributed by atoms with van der Waals surface area (Å²) < 4.78 is 10.6. The fraction of sp³-hybridized carbons (Fsp3) is 0.263. The SMILES string of the molecule is O=C(NCc1ccc2c(c1)OCO2)[C@@H]1C=CCN1C(=O)Cc1cccs1. The molecule has 1 atom stereocenters. The maximum absolute atomic E-state index is 12.6. The fourth-order valence-corrected chi connectivity index (χ4v) is 3.71. The lowest BCUT2D eigenvalue weighted by molar-refractivity contribution is -0.137. The highest BCUT2D eigenvalue weighted by Gasteiger charge is 2.30. The van der Waals surface area contributed by atoms with Gasteiger partial charge in [0, 0.05) is 18.0 Å². The molecule has 2 aliphatic heterocycles. The van der Waals surface area contributed by atoms with Crippen LogP contribution in [0.4, 0.5) is 0 Å². The lowest BCUT2D eigenvalue weighted by Gasteiger charge is -2.23. The van der Waals surface area contributed by atoms with Crippen LogP contribution in [0.5, 0.6) is 11.5 Å². The number of carbonyl (C=O) groups excluding carboxylic acids is 2. The fourth-order valence-electron chi connectivity index (χ4n) is 3.02. The van der Waals surface area contributed by atoms with Gasteiger partial charge in [-0.3, -0.25) is 9.59 Å². The van der Waals surface area contributed by atoms with E-state index in [1.807, 2.05) is 41.8 Å². The molecule has 2 aromatic rings. The van der Waals surface area contributed by atoms with Gasteiger partial charge in [0.1, 0.15) is 6.04 Å². The van der Waals surface area contributed by atoms with E-state index in [1.54, 1.807) is 22.3 Å². The average molecular weight is 370 g/mol. The molecule has 2 aliphatic rings. The molecule has 0 unspecified atom stereocenters. The Morgan fingerprint density at radius 2 is 2.12 bits per heavy atom. The van der Waals surface area contributed by atoms with Gasteiger partial charge in [-0.05, 0) is 29.1 Å². The molecule has 3 heterocycles. The number of nitrogens with one attached hydrogen (secondary N) is 1. The first-order valence-electron chi connectivity index (χ1n) is 8.35. The van der Waals surface area contributed by atoms with Crippen LogP contribution in [-0.4, -0.2) is 36.1 Å². The van der Waals surface area contributed by atoms with Crippen molar-refractivity contribution in [1.29, 1.82) is 0 Å². The van der Waals surface area contributed by atoms with Crippen molar-refractivity contribution in [3.63, 3.8) is 0 Å². The van der Waals surface area contributed by atoms with E-state index >= 15 is 0 Å². The van der Waals surface area contributed by atoms with Gasteiger partial charge in [0.05, 0.1) is 6.42 Å². The second-order valence-electron chi connectivity index (χ2n) is 6.08. The third-order valence-electron chi connectivity index (χ3n) is 4.35. The molecule has 6 nitrogen and oxygen atoms in total. The van der Waals surface area contributed by atoms with Crippen LogP contribution >= 0.6 is 11.3 Å². The number of hydrogen-bond acceptors (Lipinski definition) is 5. The van der Waals surface area contributed by atoms with Gasteiger partial charge >= 0.3 is 0 Å². The minimum absolute atomic E-state index is 0.0410. The highest BCUT2D eigenvalue weighted by Crippen LogP contribution is 2.32. The number of rotatable bonds is 5. The maximum atomic E-state index is 12.6. The highest BCUT2D eigenvalue weighted by molar-refractivity contribution is 7.10. The molecular formula is C19H18N2O4S. The largest absolute Gasteiger partial charge is 0.454 e. The van der Waals surface area contributed by atoms with Gasteiger partial charge in [0.2, 0.25) is 18.6 Å². The first kappa shape index (κ1) is 16.7. The molecule has 0 spiro atoms. The van der Waals surface area contributed by atoms with Crippen molar-refractivity contribution in [2.45, 2.75) is 19.0 Å². The van der Waals surface area contributed by atoms with Gasteiger partial charge < -0.3 is 19.7 Å². The van der Waals surface area contributed by atoms with Crippen LogP contribution in [-0.2, 0) is 22.6 Å². The zero-order valence-electron chi connectivity index (χ0n) is 14.0. The summed E-state index contributed by atoms with van der Waals surface area (Å²) in [6, 6.07) is 8.86. The highest BCUT2D eigenvalue weighted by atomic mass is 32.1. The van der Waals surface area contributed by atoms with E-state index in [4.69, 9.17) is 9.47 Å². The van der Waals surface area contributed by atoms with E-state index in [2.05, 4.69) is 5.32 Å². The van der Waals surface area contributed by atoms with E-state index in [1.165, 1.54) is 0 Å². The smallest absolute Gasteiger partial charge is 0.247 e. The lowest BCUT2D eigenvalue weighted by Crippen LogP contribution is -2.46. The van der Waals surface area contributed by atoms with Gasteiger partial charge in [0.15, 0.2) is 11.5 Å². The number of amides is 2. The quantitative estimate of drug-likeness (QED) is 0.819. The van der Waals surface area contributed by atoms with Gasteiger partial charge in [-0.1, -0.05) is 24.3 Å². The topological polar surface area (TPSA) is 67.9 Å². The van der Waals surface area contributed by atoms with E-state index < -0.39 is 6.04 Å². The van der Waals surface area contributed by atoms with Gasteiger partial charge in [-0.15, -0.1) is 11.3 Å². The summed E-state index contributed by atoms with van der Waals surface area (Å²) in [4.78, 5) is 27.7. The monoisotopic (exact) mass is 370 g/mol. The summed E-state index contributed by atoms with van der Waals surface area (Å²) in [6.07, 6.45) is 3.96. The Balaban J connectivity index is 1.36. The second kappa shape index (κ2) is 7.21. The van der Waals surface area contributed by atoms with Crippen molar-refractivity contribution >= 4 is 23.2 Å². The third kappa shape index (κ3) is 3.43. The number of benzene rings is 1. The minimum atomic E-state index is -0.559. The molecule has 0 saturated heterocycles. The molecule has 4 rings (SSSR count). The summed E-state index contributed by atoms with van der Waals surface area (Å²) in [5.74, 6) is 1.17. The summed E-state index contributed by atoms with van der Waals surface area (Å²) in [5.41, 5.74) is 0.918. The predicted molar refractivity (Wildman–Crippen MR) is 97.1 cm³/mol. The standard InChI is InChI=1S/C19H18N2O4S/c22-18(10-14-3-2-8-26-14)21-7-1-4-15(21)19(23)20-11-13-5-6-16-17(9-13)25-12-24-16/h1-6,8-9,15H,7,10-12H2,(H,20,23)/t15-/m0/s1. The summed E-state index contributed by atoms with van der Waals surface area (Å²) in [7, 11) is 0. The van der Waals surface area contributed by atoms with Crippen molar-refractivity contribution in [3.8, 4) is 11.5 Å². The number of thiophene rings is 1. The summed E-state index contributed by atoms with van der Waals surface area (Å²) in [6.45, 7) is 1.05. The molecule has 0 saturated carbocycles. The molecule has 1 aromatic carbocycles. The maximum Gasteiger partial charge on any atom is 0.247 e. The van der Waals surface area contributed by atoms with Gasteiger partial charge in [-0.2, -0.15) is 0 Å². The van der Waals surface area contributed by atoms with Crippen LogP contribution in [0.3, 0.4) is 0 Å². The number of ether oxygens (including phenoxy) is 2. The normalized spacial score (nSPS) is 17.5. The molecule has 1 aromatic heterocycles. The van der Waals surface area contributed by atoms with Crippen LogP contribution in [0.25, 0.3) is 0 Å². The molecule has 0 fully saturated rings. The van der Waals surface area contributed by atoms with E-state index in [-0.39, 0.29) is 18.6 Å². The molecule has 0 aliphatic carbocycles. The van der Waals surface area contributed by atoms with Crippen LogP contribution in [0.2, 0.25) is 0 Å². The molecule has 0 bridgehead atoms. The Bertz CT molecular complexity index is 847. The lowest BCUT2D eigenvalue weighted by atomic mass is 10.2. The van der Waals surface area contributed by atoms with E-state index in [0.29, 0.717) is 31.0 Å². The van der Waals surface area contributed by atoms with Crippen molar-refractivity contribution in [2.24, 2.45) is 0 Å². The molecular weight excluding hydrogens is 352 g/mol. The summed E-state index contributed by atoms with van der Waals surface area (Å²) in [5, 5.41) is 4.84. The first-order valence-corrected chi connectivity index (χ1v) is 9.23. The van der Waals surface area contributed by atoms with E-state index in [0.717, 1.165) is 10.4 Å². The Morgan fingerprint density at radius 1 is 1.23 bits per heavy atom. The molecule has 0 radical (unpaired) electrons. The Hall–Kier alpha value is -2.80. The molecule has 26 heavy (non-hydrogen) atoms. The zero-order chi connectivity index (χ0) is 17.9. The van der Waals surface area contributed by atoms with Crippen LogP contribution in [0, 0.1) is 0 Å². The predicted octanol–water partition coefficient (Wildman–Crippen LogP) is 2.10. The molecule has 7 heteroatoms. The molecule has 1 N–H and O–H groups in total. The Morgan fingerprint density at radius 3 is 2.96 bits per heavy atom. The number of fused-ring (bicyclic) bond motifs is 1. The number of nitrogens with zero attached hydrogens (tertiary/aromatic N) is 1. The zero-order valence-corrected chi connectivity index (χ0v) is 14.8. The second-order valence-corrected chi connectivity index (χ2v) is 7.11. The Kier molecular flexibility index (Phi) is 4.62.